The van der Waals surface area contributed by atoms with Crippen molar-refractivity contribution >= 4 is 10.8 Å². The van der Waals surface area contributed by atoms with Gasteiger partial charge < -0.3 is 4.98 Å². The molecule has 0 radical (unpaired) electrons. The number of H-pyrrole nitrogens is 1. The second-order valence-corrected chi connectivity index (χ2v) is 6.97. The van der Waals surface area contributed by atoms with Crippen LogP contribution in [-0.4, -0.2) is 28.5 Å². The van der Waals surface area contributed by atoms with Crippen LogP contribution in [0.2, 0.25) is 0 Å². The summed E-state index contributed by atoms with van der Waals surface area (Å²) in [4.78, 5) is 18.3. The van der Waals surface area contributed by atoms with E-state index in [2.05, 4.69) is 35.9 Å². The van der Waals surface area contributed by atoms with Gasteiger partial charge in [0.05, 0.1) is 0 Å². The van der Waals surface area contributed by atoms with Crippen LogP contribution in [0.4, 0.5) is 0 Å². The predicted molar refractivity (Wildman–Crippen MR) is 90.5 cm³/mol. The molecule has 22 heavy (non-hydrogen) atoms. The minimum Gasteiger partial charge on any atom is -0.325 e. The van der Waals surface area contributed by atoms with Gasteiger partial charge in [-0.1, -0.05) is 19.1 Å². The van der Waals surface area contributed by atoms with E-state index in [1.165, 1.54) is 31.2 Å². The Kier molecular flexibility index (Phi) is 3.33. The number of nitrogens with zero attached hydrogens (tertiary/aromatic N) is 1. The van der Waals surface area contributed by atoms with E-state index in [9.17, 15) is 4.79 Å². The summed E-state index contributed by atoms with van der Waals surface area (Å²) in [5, 5.41) is 1.93. The number of pyridine rings is 1. The number of hydrogen-bond donors (Lipinski definition) is 1. The first-order valence-corrected chi connectivity index (χ1v) is 8.55. The molecule has 0 spiro atoms. The van der Waals surface area contributed by atoms with E-state index < -0.39 is 0 Å². The second-order valence-electron chi connectivity index (χ2n) is 6.97. The quantitative estimate of drug-likeness (QED) is 0.919. The van der Waals surface area contributed by atoms with Crippen LogP contribution in [0.15, 0.2) is 29.1 Å². The molecule has 3 heteroatoms. The van der Waals surface area contributed by atoms with Crippen LogP contribution in [0.3, 0.4) is 0 Å². The molecule has 2 unspecified atom stereocenters. The first-order chi connectivity index (χ1) is 10.7. The van der Waals surface area contributed by atoms with Gasteiger partial charge in [-0.3, -0.25) is 9.69 Å². The normalized spacial score (nSPS) is 28.4. The molecular formula is C19H24N2O. The van der Waals surface area contributed by atoms with Crippen molar-refractivity contribution in [2.75, 3.05) is 6.54 Å². The fraction of sp³-hybridized carbons (Fsp3) is 0.526. The van der Waals surface area contributed by atoms with E-state index >= 15 is 0 Å². The van der Waals surface area contributed by atoms with Crippen molar-refractivity contribution in [1.29, 1.82) is 0 Å². The number of aryl methyl sites for hydroxylation is 1. The Bertz CT molecular complexity index is 750. The third kappa shape index (κ3) is 2.11. The van der Waals surface area contributed by atoms with Gasteiger partial charge >= 0.3 is 0 Å². The molecule has 2 aromatic rings. The van der Waals surface area contributed by atoms with Gasteiger partial charge in [-0.2, -0.15) is 0 Å². The van der Waals surface area contributed by atoms with Crippen LogP contribution < -0.4 is 5.56 Å². The molecule has 2 bridgehead atoms. The summed E-state index contributed by atoms with van der Waals surface area (Å²) in [5.74, 6) is 0.511. The number of aromatic nitrogens is 1. The van der Waals surface area contributed by atoms with Crippen LogP contribution in [0.25, 0.3) is 10.8 Å². The summed E-state index contributed by atoms with van der Waals surface area (Å²) in [6.07, 6.45) is 5.03. The second kappa shape index (κ2) is 5.24. The molecule has 4 rings (SSSR count). The predicted octanol–water partition coefficient (Wildman–Crippen LogP) is 3.57. The van der Waals surface area contributed by atoms with Gasteiger partial charge in [0.25, 0.3) is 5.56 Å². The van der Waals surface area contributed by atoms with Crippen LogP contribution in [-0.2, 0) is 0 Å². The summed E-state index contributed by atoms with van der Waals surface area (Å²) in [5.41, 5.74) is 2.42. The summed E-state index contributed by atoms with van der Waals surface area (Å²) in [7, 11) is 0. The van der Waals surface area contributed by atoms with E-state index in [1.807, 2.05) is 12.1 Å². The van der Waals surface area contributed by atoms with Crippen molar-refractivity contribution < 1.29 is 0 Å². The number of nitrogens with one attached hydrogen (secondary N) is 1. The summed E-state index contributed by atoms with van der Waals surface area (Å²) in [6, 6.07) is 9.64. The van der Waals surface area contributed by atoms with E-state index in [4.69, 9.17) is 0 Å². The lowest BCUT2D eigenvalue weighted by Gasteiger charge is -2.38. The number of rotatable bonds is 2. The lowest BCUT2D eigenvalue weighted by molar-refractivity contribution is 0.133. The Morgan fingerprint density at radius 1 is 1.18 bits per heavy atom. The molecule has 116 valence electrons. The zero-order valence-electron chi connectivity index (χ0n) is 13.4. The Labute approximate surface area is 131 Å². The monoisotopic (exact) mass is 296 g/mol. The maximum Gasteiger partial charge on any atom is 0.256 e. The van der Waals surface area contributed by atoms with E-state index in [-0.39, 0.29) is 5.56 Å². The molecule has 0 amide bonds. The number of benzene rings is 1. The molecule has 1 N–H and O–H groups in total. The lowest BCUT2D eigenvalue weighted by Crippen LogP contribution is -2.42. The Morgan fingerprint density at radius 2 is 1.91 bits per heavy atom. The molecule has 3 nitrogen and oxygen atoms in total. The van der Waals surface area contributed by atoms with Gasteiger partial charge in [0.1, 0.15) is 0 Å². The molecule has 0 saturated carbocycles. The van der Waals surface area contributed by atoms with Crippen molar-refractivity contribution in [3.63, 3.8) is 0 Å². The highest BCUT2D eigenvalue weighted by Gasteiger charge is 2.40. The SMILES string of the molecule is CCN1C2CCC1CC(c1cc3c(C)cccc3c(=O)[nH]1)C2. The molecule has 2 saturated heterocycles. The smallest absolute Gasteiger partial charge is 0.256 e. The standard InChI is InChI=1S/C19H24N2O/c1-3-21-14-7-8-15(21)10-13(9-14)18-11-17-12(2)5-4-6-16(17)19(22)20-18/h4-6,11,13-15H,3,7-10H2,1-2H3,(H,20,22). The van der Waals surface area contributed by atoms with E-state index in [0.717, 1.165) is 23.0 Å². The molecule has 2 aliphatic rings. The first kappa shape index (κ1) is 14.0. The van der Waals surface area contributed by atoms with Crippen LogP contribution in [0.1, 0.15) is 49.8 Å². The number of fused-ring (bicyclic) bond motifs is 3. The van der Waals surface area contributed by atoms with E-state index in [1.54, 1.807) is 0 Å². The molecular weight excluding hydrogens is 272 g/mol. The first-order valence-electron chi connectivity index (χ1n) is 8.55. The molecule has 2 atom stereocenters. The van der Waals surface area contributed by atoms with Gasteiger partial charge in [-0.15, -0.1) is 0 Å². The molecule has 1 aromatic heterocycles. The van der Waals surface area contributed by atoms with E-state index in [0.29, 0.717) is 18.0 Å². The van der Waals surface area contributed by atoms with Gasteiger partial charge in [0.2, 0.25) is 0 Å². The van der Waals surface area contributed by atoms with Crippen molar-refractivity contribution in [1.82, 2.24) is 9.88 Å². The summed E-state index contributed by atoms with van der Waals surface area (Å²) < 4.78 is 0. The fourth-order valence-electron chi connectivity index (χ4n) is 4.72. The Morgan fingerprint density at radius 3 is 2.59 bits per heavy atom. The third-order valence-corrected chi connectivity index (χ3v) is 5.82. The average Bonchev–Trinajstić information content (AvgIpc) is 2.76. The highest BCUT2D eigenvalue weighted by atomic mass is 16.1. The molecule has 3 heterocycles. The van der Waals surface area contributed by atoms with Crippen molar-refractivity contribution in [2.45, 2.75) is 57.5 Å². The Hall–Kier alpha value is -1.61. The third-order valence-electron chi connectivity index (χ3n) is 5.82. The minimum atomic E-state index is 0.0708. The number of aromatic amines is 1. The van der Waals surface area contributed by atoms with Crippen LogP contribution in [0, 0.1) is 6.92 Å². The van der Waals surface area contributed by atoms with Gasteiger partial charge in [0.15, 0.2) is 0 Å². The molecule has 2 fully saturated rings. The highest BCUT2D eigenvalue weighted by Crippen LogP contribution is 2.42. The molecule has 1 aromatic carbocycles. The van der Waals surface area contributed by atoms with Gasteiger partial charge in [-0.05, 0) is 62.2 Å². The van der Waals surface area contributed by atoms with Gasteiger partial charge in [0, 0.05) is 29.1 Å². The lowest BCUT2D eigenvalue weighted by atomic mass is 9.87. The highest BCUT2D eigenvalue weighted by molar-refractivity contribution is 5.85. The Balaban J connectivity index is 1.74. The zero-order chi connectivity index (χ0) is 15.3. The van der Waals surface area contributed by atoms with Crippen LogP contribution in [0.5, 0.6) is 0 Å². The largest absolute Gasteiger partial charge is 0.325 e. The van der Waals surface area contributed by atoms with Gasteiger partial charge in [-0.25, -0.2) is 0 Å². The van der Waals surface area contributed by atoms with Crippen LogP contribution >= 0.6 is 0 Å². The maximum absolute atomic E-state index is 12.4. The summed E-state index contributed by atoms with van der Waals surface area (Å²) >= 11 is 0. The number of hydrogen-bond acceptors (Lipinski definition) is 2. The summed E-state index contributed by atoms with van der Waals surface area (Å²) in [6.45, 7) is 5.53. The van der Waals surface area contributed by atoms with Crippen molar-refractivity contribution in [2.24, 2.45) is 0 Å². The zero-order valence-corrected chi connectivity index (χ0v) is 13.4. The number of piperidine rings is 1. The maximum atomic E-state index is 12.4. The fourth-order valence-corrected chi connectivity index (χ4v) is 4.72. The molecule has 0 aliphatic carbocycles. The average molecular weight is 296 g/mol. The topological polar surface area (TPSA) is 36.1 Å². The van der Waals surface area contributed by atoms with Crippen molar-refractivity contribution in [3.8, 4) is 0 Å². The molecule has 2 aliphatic heterocycles. The minimum absolute atomic E-state index is 0.0708. The van der Waals surface area contributed by atoms with Crippen molar-refractivity contribution in [3.05, 3.63) is 45.9 Å².